The minimum Gasteiger partial charge on any atom is -0.337 e. The minimum absolute atomic E-state index is 0.0920. The van der Waals surface area contributed by atoms with Crippen LogP contribution in [0.3, 0.4) is 0 Å². The first kappa shape index (κ1) is 15.3. The highest BCUT2D eigenvalue weighted by molar-refractivity contribution is 8.13. The van der Waals surface area contributed by atoms with Crippen LogP contribution < -0.4 is 0 Å². The molecule has 0 saturated carbocycles. The van der Waals surface area contributed by atoms with Crippen molar-refractivity contribution in [1.29, 1.82) is 0 Å². The molecule has 1 aromatic heterocycles. The zero-order chi connectivity index (χ0) is 14.9. The van der Waals surface area contributed by atoms with E-state index in [4.69, 9.17) is 10.7 Å². The van der Waals surface area contributed by atoms with Crippen molar-refractivity contribution in [2.75, 3.05) is 13.1 Å². The Balaban J connectivity index is 2.44. The molecule has 2 rings (SSSR count). The molecule has 1 aliphatic heterocycles. The molecule has 0 radical (unpaired) electrons. The topological polar surface area (TPSA) is 83.1 Å². The predicted molar refractivity (Wildman–Crippen MR) is 75.5 cm³/mol. The Morgan fingerprint density at radius 3 is 2.40 bits per heavy atom. The van der Waals surface area contributed by atoms with Crippen LogP contribution >= 0.6 is 10.7 Å². The molecule has 8 heteroatoms. The van der Waals surface area contributed by atoms with Gasteiger partial charge in [-0.25, -0.2) is 8.42 Å². The second-order valence-electron chi connectivity index (χ2n) is 5.26. The van der Waals surface area contributed by atoms with Gasteiger partial charge in [0, 0.05) is 23.8 Å². The van der Waals surface area contributed by atoms with E-state index >= 15 is 0 Å². The summed E-state index contributed by atoms with van der Waals surface area (Å²) in [6.45, 7) is 4.89. The molecule has 1 N–H and O–H groups in total. The summed E-state index contributed by atoms with van der Waals surface area (Å²) in [5, 5.41) is 6.54. The second-order valence-corrected chi connectivity index (χ2v) is 7.76. The number of nitrogens with one attached hydrogen (secondary N) is 1. The van der Waals surface area contributed by atoms with Crippen molar-refractivity contribution < 1.29 is 13.2 Å². The maximum absolute atomic E-state index is 12.4. The van der Waals surface area contributed by atoms with Gasteiger partial charge in [0.2, 0.25) is 0 Å². The van der Waals surface area contributed by atoms with E-state index < -0.39 is 9.05 Å². The first-order valence-electron chi connectivity index (χ1n) is 6.64. The van der Waals surface area contributed by atoms with Gasteiger partial charge in [-0.15, -0.1) is 0 Å². The molecule has 6 nitrogen and oxygen atoms in total. The number of hydrogen-bond acceptors (Lipinski definition) is 4. The first-order valence-corrected chi connectivity index (χ1v) is 8.95. The fourth-order valence-corrected chi connectivity index (χ4v) is 3.75. The van der Waals surface area contributed by atoms with Crippen LogP contribution in [0.4, 0.5) is 0 Å². The van der Waals surface area contributed by atoms with E-state index in [0.717, 1.165) is 19.3 Å². The molecule has 0 aliphatic carbocycles. The molecule has 0 spiro atoms. The number of carbonyl (C=O) groups is 1. The molecule has 0 unspecified atom stereocenters. The lowest BCUT2D eigenvalue weighted by Crippen LogP contribution is -2.36. The van der Waals surface area contributed by atoms with E-state index in [1.165, 1.54) is 0 Å². The number of halogens is 1. The highest BCUT2D eigenvalue weighted by atomic mass is 35.7. The number of carbonyl (C=O) groups excluding carboxylic acids is 1. The molecular formula is C12H18ClN3O3S. The van der Waals surface area contributed by atoms with E-state index in [1.807, 2.05) is 13.8 Å². The van der Waals surface area contributed by atoms with Crippen LogP contribution in [0.1, 0.15) is 55.2 Å². The van der Waals surface area contributed by atoms with Crippen LogP contribution in [-0.4, -0.2) is 42.5 Å². The monoisotopic (exact) mass is 319 g/mol. The van der Waals surface area contributed by atoms with Crippen LogP contribution in [0.2, 0.25) is 0 Å². The van der Waals surface area contributed by atoms with E-state index in [1.54, 1.807) is 4.90 Å². The van der Waals surface area contributed by atoms with E-state index in [0.29, 0.717) is 18.8 Å². The Morgan fingerprint density at radius 1 is 1.30 bits per heavy atom. The molecule has 2 heterocycles. The molecule has 20 heavy (non-hydrogen) atoms. The number of hydrogen-bond donors (Lipinski definition) is 1. The van der Waals surface area contributed by atoms with Gasteiger partial charge in [0.15, 0.2) is 5.69 Å². The number of piperidine rings is 1. The third-order valence-corrected chi connectivity index (χ3v) is 4.78. The van der Waals surface area contributed by atoms with Crippen molar-refractivity contribution in [2.24, 2.45) is 0 Å². The fourth-order valence-electron chi connectivity index (χ4n) is 2.38. The highest BCUT2D eigenvalue weighted by Gasteiger charge is 2.32. The lowest BCUT2D eigenvalue weighted by atomic mass is 10.1. The molecule has 0 aromatic carbocycles. The molecule has 1 fully saturated rings. The summed E-state index contributed by atoms with van der Waals surface area (Å²) in [4.78, 5) is 13.9. The zero-order valence-corrected chi connectivity index (χ0v) is 13.1. The number of aromatic amines is 1. The molecular weight excluding hydrogens is 302 g/mol. The maximum atomic E-state index is 12.4. The van der Waals surface area contributed by atoms with Crippen molar-refractivity contribution in [2.45, 2.75) is 43.9 Å². The first-order chi connectivity index (χ1) is 9.32. The normalized spacial score (nSPS) is 16.7. The summed E-state index contributed by atoms with van der Waals surface area (Å²) in [6, 6.07) is 0. The Hall–Kier alpha value is -1.08. The maximum Gasteiger partial charge on any atom is 0.275 e. The largest absolute Gasteiger partial charge is 0.337 e. The molecule has 0 bridgehead atoms. The predicted octanol–water partition coefficient (Wildman–Crippen LogP) is 2.09. The lowest BCUT2D eigenvalue weighted by Gasteiger charge is -2.26. The average Bonchev–Trinajstić information content (AvgIpc) is 2.83. The standard InChI is InChI=1S/C12H18ClN3O3S/c1-8(2)9-11(20(13,18)19)10(15-14-9)12(17)16-6-4-3-5-7-16/h8H,3-7H2,1-2H3,(H,14,15). The number of amides is 1. The molecule has 0 atom stereocenters. The van der Waals surface area contributed by atoms with Crippen LogP contribution in [-0.2, 0) is 9.05 Å². The van der Waals surface area contributed by atoms with E-state index in [9.17, 15) is 13.2 Å². The quantitative estimate of drug-likeness (QED) is 0.865. The number of H-pyrrole nitrogens is 1. The number of aromatic nitrogens is 2. The molecule has 1 amide bonds. The van der Waals surface area contributed by atoms with Crippen LogP contribution in [0.25, 0.3) is 0 Å². The van der Waals surface area contributed by atoms with Gasteiger partial charge >= 0.3 is 0 Å². The Bertz CT molecular complexity index is 603. The van der Waals surface area contributed by atoms with Gasteiger partial charge in [0.25, 0.3) is 15.0 Å². The Morgan fingerprint density at radius 2 is 1.90 bits per heavy atom. The minimum atomic E-state index is -4.02. The summed E-state index contributed by atoms with van der Waals surface area (Å²) in [5.74, 6) is -0.485. The number of likely N-dealkylation sites (tertiary alicyclic amines) is 1. The van der Waals surface area contributed by atoms with E-state index in [2.05, 4.69) is 10.2 Å². The van der Waals surface area contributed by atoms with Crippen molar-refractivity contribution in [3.8, 4) is 0 Å². The van der Waals surface area contributed by atoms with Gasteiger partial charge in [-0.2, -0.15) is 5.10 Å². The summed E-state index contributed by atoms with van der Waals surface area (Å²) in [5.41, 5.74) is 0.283. The number of rotatable bonds is 3. The third kappa shape index (κ3) is 2.98. The average molecular weight is 320 g/mol. The lowest BCUT2D eigenvalue weighted by molar-refractivity contribution is 0.0714. The number of nitrogens with zero attached hydrogens (tertiary/aromatic N) is 2. The van der Waals surface area contributed by atoms with Crippen LogP contribution in [0.5, 0.6) is 0 Å². The second kappa shape index (κ2) is 5.73. The molecule has 1 aliphatic rings. The van der Waals surface area contributed by atoms with Gasteiger partial charge in [0.05, 0.1) is 5.69 Å². The molecule has 1 saturated heterocycles. The van der Waals surface area contributed by atoms with Crippen molar-refractivity contribution in [3.63, 3.8) is 0 Å². The van der Waals surface area contributed by atoms with E-state index in [-0.39, 0.29) is 22.4 Å². The molecule has 112 valence electrons. The smallest absolute Gasteiger partial charge is 0.275 e. The SMILES string of the molecule is CC(C)c1[nH]nc(C(=O)N2CCCCC2)c1S(=O)(=O)Cl. The third-order valence-electron chi connectivity index (χ3n) is 3.41. The summed E-state index contributed by atoms with van der Waals surface area (Å²) in [6.07, 6.45) is 2.94. The summed E-state index contributed by atoms with van der Waals surface area (Å²) >= 11 is 0. The van der Waals surface area contributed by atoms with Crippen molar-refractivity contribution in [1.82, 2.24) is 15.1 Å². The summed E-state index contributed by atoms with van der Waals surface area (Å²) in [7, 11) is 1.46. The zero-order valence-electron chi connectivity index (χ0n) is 11.5. The molecule has 1 aromatic rings. The van der Waals surface area contributed by atoms with Crippen molar-refractivity contribution in [3.05, 3.63) is 11.4 Å². The van der Waals surface area contributed by atoms with Crippen LogP contribution in [0.15, 0.2) is 4.90 Å². The summed E-state index contributed by atoms with van der Waals surface area (Å²) < 4.78 is 23.5. The van der Waals surface area contributed by atoms with Gasteiger partial charge in [0.1, 0.15) is 4.90 Å². The van der Waals surface area contributed by atoms with Gasteiger partial charge < -0.3 is 4.90 Å². The van der Waals surface area contributed by atoms with Crippen LogP contribution in [0, 0.1) is 0 Å². The fraction of sp³-hybridized carbons (Fsp3) is 0.667. The highest BCUT2D eigenvalue weighted by Crippen LogP contribution is 2.29. The Labute approximate surface area is 122 Å². The van der Waals surface area contributed by atoms with Crippen molar-refractivity contribution >= 4 is 25.6 Å². The van der Waals surface area contributed by atoms with Gasteiger partial charge in [-0.1, -0.05) is 13.8 Å². The van der Waals surface area contributed by atoms with Gasteiger partial charge in [-0.3, -0.25) is 9.89 Å². The Kier molecular flexibility index (Phi) is 4.39. The van der Waals surface area contributed by atoms with Gasteiger partial charge in [-0.05, 0) is 25.2 Å².